The molecular formula is C14H29P. The average Bonchev–Trinajstić information content (AvgIpc) is 2.54. The summed E-state index contributed by atoms with van der Waals surface area (Å²) in [5.41, 5.74) is 2.15. The fourth-order valence-electron chi connectivity index (χ4n) is 2.76. The zero-order valence-electron chi connectivity index (χ0n) is 11.0. The van der Waals surface area contributed by atoms with Crippen molar-refractivity contribution in [1.29, 1.82) is 0 Å². The maximum Gasteiger partial charge on any atom is -0.0235 e. The minimum atomic E-state index is 0.408. The lowest BCUT2D eigenvalue weighted by Gasteiger charge is -2.20. The third-order valence-corrected chi connectivity index (χ3v) is 7.52. The Morgan fingerprint density at radius 3 is 2.00 bits per heavy atom. The molecule has 15 heavy (non-hydrogen) atoms. The molecule has 0 aromatic rings. The smallest absolute Gasteiger partial charge is 0.0235 e. The van der Waals surface area contributed by atoms with Crippen molar-refractivity contribution in [2.45, 2.75) is 83.5 Å². The molecule has 90 valence electrons. The molecule has 0 aliphatic carbocycles. The fourth-order valence-corrected chi connectivity index (χ4v) is 6.06. The highest BCUT2D eigenvalue weighted by Crippen LogP contribution is 2.55. The molecule has 1 rings (SSSR count). The van der Waals surface area contributed by atoms with Gasteiger partial charge in [0.2, 0.25) is 0 Å². The Morgan fingerprint density at radius 2 is 1.40 bits per heavy atom. The summed E-state index contributed by atoms with van der Waals surface area (Å²) >= 11 is 0. The summed E-state index contributed by atoms with van der Waals surface area (Å²) in [5.74, 6) is 0. The van der Waals surface area contributed by atoms with Gasteiger partial charge in [-0.1, -0.05) is 52.9 Å². The molecule has 1 saturated heterocycles. The molecule has 0 aromatic carbocycles. The zero-order valence-corrected chi connectivity index (χ0v) is 11.9. The van der Waals surface area contributed by atoms with Crippen LogP contribution in [0.3, 0.4) is 0 Å². The molecule has 0 amide bonds. The van der Waals surface area contributed by atoms with Gasteiger partial charge in [-0.2, -0.15) is 0 Å². The van der Waals surface area contributed by atoms with Crippen molar-refractivity contribution in [3.63, 3.8) is 0 Å². The van der Waals surface area contributed by atoms with Crippen LogP contribution in [0.15, 0.2) is 0 Å². The lowest BCUT2D eigenvalue weighted by atomic mass is 10.1. The highest BCUT2D eigenvalue weighted by molar-refractivity contribution is 7.59. The quantitative estimate of drug-likeness (QED) is 0.404. The van der Waals surface area contributed by atoms with Gasteiger partial charge in [0.05, 0.1) is 0 Å². The summed E-state index contributed by atoms with van der Waals surface area (Å²) in [6, 6.07) is 0. The van der Waals surface area contributed by atoms with E-state index in [-0.39, 0.29) is 0 Å². The van der Waals surface area contributed by atoms with Crippen molar-refractivity contribution in [1.82, 2.24) is 0 Å². The van der Waals surface area contributed by atoms with Crippen molar-refractivity contribution in [2.24, 2.45) is 0 Å². The monoisotopic (exact) mass is 228 g/mol. The summed E-state index contributed by atoms with van der Waals surface area (Å²) in [5, 5.41) is 0. The molecule has 1 heterocycles. The standard InChI is InChI=1S/C14H29P/c1-4-5-6-7-8-9-12-15-13(2)10-11-14(15)3/h13-14H,4-12H2,1-3H3. The molecule has 0 radical (unpaired) electrons. The summed E-state index contributed by atoms with van der Waals surface area (Å²) in [6.45, 7) is 7.28. The second-order valence-corrected chi connectivity index (χ2v) is 8.52. The van der Waals surface area contributed by atoms with Gasteiger partial charge < -0.3 is 0 Å². The third-order valence-electron chi connectivity index (χ3n) is 3.90. The number of hydrogen-bond donors (Lipinski definition) is 0. The number of rotatable bonds is 7. The molecule has 2 atom stereocenters. The highest BCUT2D eigenvalue weighted by atomic mass is 31.1. The lowest BCUT2D eigenvalue weighted by Crippen LogP contribution is -2.00. The lowest BCUT2D eigenvalue weighted by molar-refractivity contribution is 0.625. The Labute approximate surface area is 98.0 Å². The largest absolute Gasteiger partial charge is 0.101 e. The maximum absolute atomic E-state index is 2.49. The van der Waals surface area contributed by atoms with Gasteiger partial charge in [-0.05, 0) is 36.7 Å². The summed E-state index contributed by atoms with van der Waals surface area (Å²) in [6.07, 6.45) is 13.4. The van der Waals surface area contributed by atoms with Crippen molar-refractivity contribution < 1.29 is 0 Å². The second kappa shape index (κ2) is 7.66. The van der Waals surface area contributed by atoms with Crippen LogP contribution in [0.25, 0.3) is 0 Å². The van der Waals surface area contributed by atoms with Gasteiger partial charge in [-0.3, -0.25) is 0 Å². The molecule has 2 unspecified atom stereocenters. The van der Waals surface area contributed by atoms with Crippen LogP contribution >= 0.6 is 7.92 Å². The number of unbranched alkanes of at least 4 members (excludes halogenated alkanes) is 5. The van der Waals surface area contributed by atoms with E-state index < -0.39 is 0 Å². The van der Waals surface area contributed by atoms with Crippen LogP contribution in [-0.2, 0) is 0 Å². The van der Waals surface area contributed by atoms with Crippen LogP contribution in [-0.4, -0.2) is 17.5 Å². The van der Waals surface area contributed by atoms with Gasteiger partial charge in [0, 0.05) is 0 Å². The summed E-state index contributed by atoms with van der Waals surface area (Å²) in [4.78, 5) is 0. The van der Waals surface area contributed by atoms with E-state index in [0.29, 0.717) is 7.92 Å². The molecule has 0 saturated carbocycles. The van der Waals surface area contributed by atoms with E-state index >= 15 is 0 Å². The van der Waals surface area contributed by atoms with Gasteiger partial charge in [0.1, 0.15) is 0 Å². The first kappa shape index (κ1) is 13.5. The first-order valence-corrected chi connectivity index (χ1v) is 8.68. The SMILES string of the molecule is CCCCCCCCP1C(C)CCC1C. The number of hydrogen-bond acceptors (Lipinski definition) is 0. The normalized spacial score (nSPS) is 31.0. The highest BCUT2D eigenvalue weighted by Gasteiger charge is 2.28. The van der Waals surface area contributed by atoms with E-state index in [1.807, 2.05) is 0 Å². The van der Waals surface area contributed by atoms with Crippen molar-refractivity contribution in [3.8, 4) is 0 Å². The Balaban J connectivity index is 1.99. The van der Waals surface area contributed by atoms with E-state index in [4.69, 9.17) is 0 Å². The maximum atomic E-state index is 2.49. The van der Waals surface area contributed by atoms with Crippen molar-refractivity contribution in [3.05, 3.63) is 0 Å². The summed E-state index contributed by atoms with van der Waals surface area (Å²) in [7, 11) is 0.408. The fraction of sp³-hybridized carbons (Fsp3) is 1.00. The molecule has 0 nitrogen and oxygen atoms in total. The zero-order chi connectivity index (χ0) is 11.1. The molecule has 0 spiro atoms. The minimum Gasteiger partial charge on any atom is -0.101 e. The second-order valence-electron chi connectivity index (χ2n) is 5.28. The van der Waals surface area contributed by atoms with Crippen LogP contribution in [0, 0.1) is 0 Å². The van der Waals surface area contributed by atoms with Gasteiger partial charge >= 0.3 is 0 Å². The predicted octanol–water partition coefficient (Wildman–Crippen LogP) is 5.40. The molecule has 1 aliphatic rings. The molecule has 1 aliphatic heterocycles. The van der Waals surface area contributed by atoms with E-state index in [1.54, 1.807) is 6.16 Å². The first-order valence-electron chi connectivity index (χ1n) is 7.01. The first-order chi connectivity index (χ1) is 7.25. The summed E-state index contributed by atoms with van der Waals surface area (Å²) < 4.78 is 0. The van der Waals surface area contributed by atoms with E-state index in [0.717, 1.165) is 11.3 Å². The van der Waals surface area contributed by atoms with Crippen molar-refractivity contribution >= 4 is 7.92 Å². The third kappa shape index (κ3) is 4.85. The van der Waals surface area contributed by atoms with Gasteiger partial charge in [-0.25, -0.2) is 0 Å². The predicted molar refractivity (Wildman–Crippen MR) is 73.3 cm³/mol. The van der Waals surface area contributed by atoms with Crippen LogP contribution in [0.2, 0.25) is 0 Å². The molecule has 0 N–H and O–H groups in total. The average molecular weight is 228 g/mol. The van der Waals surface area contributed by atoms with Crippen LogP contribution in [0.4, 0.5) is 0 Å². The molecule has 1 fully saturated rings. The van der Waals surface area contributed by atoms with Crippen LogP contribution in [0.1, 0.15) is 72.1 Å². The molecule has 0 aromatic heterocycles. The van der Waals surface area contributed by atoms with Gasteiger partial charge in [0.25, 0.3) is 0 Å². The van der Waals surface area contributed by atoms with Gasteiger partial charge in [0.15, 0.2) is 0 Å². The minimum absolute atomic E-state index is 0.408. The van der Waals surface area contributed by atoms with Crippen LogP contribution in [0.5, 0.6) is 0 Å². The Kier molecular flexibility index (Phi) is 6.89. The van der Waals surface area contributed by atoms with E-state index in [9.17, 15) is 0 Å². The van der Waals surface area contributed by atoms with Crippen LogP contribution < -0.4 is 0 Å². The Hall–Kier alpha value is 0.430. The molecule has 0 bridgehead atoms. The Morgan fingerprint density at radius 1 is 0.867 bits per heavy atom. The van der Waals surface area contributed by atoms with E-state index in [2.05, 4.69) is 20.8 Å². The molecule has 1 heteroatoms. The Bertz CT molecular complexity index is 145. The topological polar surface area (TPSA) is 0 Å². The van der Waals surface area contributed by atoms with Gasteiger partial charge in [-0.15, -0.1) is 7.92 Å². The van der Waals surface area contributed by atoms with E-state index in [1.165, 1.54) is 51.4 Å². The van der Waals surface area contributed by atoms with Crippen molar-refractivity contribution in [2.75, 3.05) is 6.16 Å². The molecular weight excluding hydrogens is 199 g/mol.